The molecule has 0 unspecified atom stereocenters. The molecule has 1 saturated heterocycles. The van der Waals surface area contributed by atoms with E-state index in [9.17, 15) is 18.8 Å². The van der Waals surface area contributed by atoms with Crippen LogP contribution in [0.15, 0.2) is 42.9 Å². The van der Waals surface area contributed by atoms with Crippen molar-refractivity contribution in [2.75, 3.05) is 11.9 Å². The number of halogens is 1. The third-order valence-electron chi connectivity index (χ3n) is 6.57. The van der Waals surface area contributed by atoms with E-state index in [-0.39, 0.29) is 31.0 Å². The minimum atomic E-state index is -1.33. The second kappa shape index (κ2) is 10.1. The summed E-state index contributed by atoms with van der Waals surface area (Å²) in [5.41, 5.74) is 2.36. The Morgan fingerprint density at radius 2 is 1.87 bits per heavy atom. The number of aromatic nitrogens is 6. The largest absolute Gasteiger partial charge is 0.326 e. The Labute approximate surface area is 217 Å². The zero-order chi connectivity index (χ0) is 27.0. The molecule has 196 valence electrons. The van der Waals surface area contributed by atoms with Gasteiger partial charge in [-0.15, -0.1) is 0 Å². The molecule has 0 radical (unpaired) electrons. The number of carbonyl (C=O) groups is 3. The molecule has 2 atom stereocenters. The number of alkyl halides is 1. The Bertz CT molecular complexity index is 1530. The SMILES string of the molecule is CCn1ccc(NC(=O)[C@@H]2C[C@@H](F)CN2C(=O)Cn2nc(C(C)=O)c3cc(-c4cnc(C)nc4)ccc32)n1. The zero-order valence-corrected chi connectivity index (χ0v) is 21.3. The molecule has 4 aromatic rings. The normalized spacial score (nSPS) is 17.2. The summed E-state index contributed by atoms with van der Waals surface area (Å²) < 4.78 is 17.5. The first-order chi connectivity index (χ1) is 18.2. The van der Waals surface area contributed by atoms with Crippen molar-refractivity contribution in [1.82, 2.24) is 34.4 Å². The van der Waals surface area contributed by atoms with E-state index in [1.54, 1.807) is 42.3 Å². The van der Waals surface area contributed by atoms with Crippen LogP contribution in [0.25, 0.3) is 22.0 Å². The van der Waals surface area contributed by atoms with Gasteiger partial charge in [0.1, 0.15) is 30.3 Å². The number of carbonyl (C=O) groups excluding carboxylic acids is 3. The summed E-state index contributed by atoms with van der Waals surface area (Å²) in [6.45, 7) is 5.30. The minimum Gasteiger partial charge on any atom is -0.326 e. The van der Waals surface area contributed by atoms with Crippen LogP contribution in [0.3, 0.4) is 0 Å². The van der Waals surface area contributed by atoms with Gasteiger partial charge >= 0.3 is 0 Å². The highest BCUT2D eigenvalue weighted by Crippen LogP contribution is 2.28. The number of Topliss-reactive ketones (excluding diaryl/α,β-unsaturated/α-hetero) is 1. The maximum absolute atomic E-state index is 14.4. The number of anilines is 1. The molecule has 0 aliphatic carbocycles. The third-order valence-corrected chi connectivity index (χ3v) is 6.57. The average Bonchev–Trinajstić information content (AvgIpc) is 3.61. The first-order valence-corrected chi connectivity index (χ1v) is 12.3. The molecule has 1 aliphatic rings. The standard InChI is InChI=1S/C26H27FN8O3/c1-4-33-8-7-23(31-33)30-26(38)22-10-19(27)13-34(22)24(37)14-35-21-6-5-17(18-11-28-16(3)29-12-18)9-20(21)25(32-35)15(2)36/h5-9,11-12,19,22H,4,10,13-14H2,1-3H3,(H,30,31,38)/t19-,22+/m1/s1. The van der Waals surface area contributed by atoms with Crippen molar-refractivity contribution in [2.24, 2.45) is 0 Å². The molecule has 12 heteroatoms. The first kappa shape index (κ1) is 25.2. The van der Waals surface area contributed by atoms with Crippen molar-refractivity contribution in [1.29, 1.82) is 0 Å². The summed E-state index contributed by atoms with van der Waals surface area (Å²) in [6, 6.07) is 6.08. The predicted molar refractivity (Wildman–Crippen MR) is 137 cm³/mol. The Balaban J connectivity index is 1.40. The quantitative estimate of drug-likeness (QED) is 0.373. The van der Waals surface area contributed by atoms with Crippen LogP contribution in [-0.4, -0.2) is 70.8 Å². The maximum atomic E-state index is 14.4. The van der Waals surface area contributed by atoms with Gasteiger partial charge in [0.2, 0.25) is 11.8 Å². The molecule has 0 spiro atoms. The number of nitrogens with zero attached hydrogens (tertiary/aromatic N) is 7. The van der Waals surface area contributed by atoms with Gasteiger partial charge in [-0.3, -0.25) is 23.7 Å². The lowest BCUT2D eigenvalue weighted by Crippen LogP contribution is -2.44. The molecule has 38 heavy (non-hydrogen) atoms. The minimum absolute atomic E-state index is 0.105. The van der Waals surface area contributed by atoms with Gasteiger partial charge in [0.15, 0.2) is 11.6 Å². The Hall–Kier alpha value is -4.48. The molecule has 1 aliphatic heterocycles. The van der Waals surface area contributed by atoms with Crippen molar-refractivity contribution in [3.05, 3.63) is 54.4 Å². The lowest BCUT2D eigenvalue weighted by Gasteiger charge is -2.23. The monoisotopic (exact) mass is 518 g/mol. The zero-order valence-electron chi connectivity index (χ0n) is 21.3. The Morgan fingerprint density at radius 1 is 1.11 bits per heavy atom. The second-order valence-electron chi connectivity index (χ2n) is 9.25. The Kier molecular flexibility index (Phi) is 6.70. The van der Waals surface area contributed by atoms with Crippen LogP contribution in [0.1, 0.15) is 36.6 Å². The number of fused-ring (bicyclic) bond motifs is 1. The summed E-state index contributed by atoms with van der Waals surface area (Å²) in [7, 11) is 0. The van der Waals surface area contributed by atoms with Gasteiger partial charge in [0, 0.05) is 55.5 Å². The van der Waals surface area contributed by atoms with E-state index >= 15 is 0 Å². The van der Waals surface area contributed by atoms with Crippen molar-refractivity contribution in [3.63, 3.8) is 0 Å². The van der Waals surface area contributed by atoms with Crippen molar-refractivity contribution in [2.45, 2.75) is 52.5 Å². The van der Waals surface area contributed by atoms with Crippen molar-refractivity contribution in [3.8, 4) is 11.1 Å². The van der Waals surface area contributed by atoms with E-state index in [0.29, 0.717) is 29.1 Å². The highest BCUT2D eigenvalue weighted by molar-refractivity contribution is 6.06. The van der Waals surface area contributed by atoms with E-state index in [1.807, 2.05) is 19.1 Å². The molecular formula is C26H27FN8O3. The first-order valence-electron chi connectivity index (χ1n) is 12.3. The van der Waals surface area contributed by atoms with E-state index in [1.165, 1.54) is 16.5 Å². The molecule has 0 saturated carbocycles. The molecule has 5 rings (SSSR count). The molecule has 0 bridgehead atoms. The molecular weight excluding hydrogens is 491 g/mol. The number of ketones is 1. The molecule has 1 N–H and O–H groups in total. The highest BCUT2D eigenvalue weighted by Gasteiger charge is 2.40. The van der Waals surface area contributed by atoms with Gasteiger partial charge in [-0.05, 0) is 31.5 Å². The summed E-state index contributed by atoms with van der Waals surface area (Å²) in [5, 5.41) is 11.9. The average molecular weight is 519 g/mol. The van der Waals surface area contributed by atoms with Crippen LogP contribution in [0.2, 0.25) is 0 Å². The molecule has 1 aromatic carbocycles. The number of amides is 2. The number of benzene rings is 1. The fourth-order valence-electron chi connectivity index (χ4n) is 4.62. The number of hydrogen-bond donors (Lipinski definition) is 1. The summed E-state index contributed by atoms with van der Waals surface area (Å²) in [5.74, 6) is -0.247. The van der Waals surface area contributed by atoms with Crippen LogP contribution in [0.5, 0.6) is 0 Å². The van der Waals surface area contributed by atoms with Gasteiger partial charge < -0.3 is 10.2 Å². The van der Waals surface area contributed by atoms with Crippen LogP contribution in [0.4, 0.5) is 10.2 Å². The third kappa shape index (κ3) is 4.89. The van der Waals surface area contributed by atoms with E-state index in [0.717, 1.165) is 11.1 Å². The van der Waals surface area contributed by atoms with Gasteiger partial charge in [-0.1, -0.05) is 6.07 Å². The molecule has 3 aromatic heterocycles. The van der Waals surface area contributed by atoms with Gasteiger partial charge in [-0.2, -0.15) is 10.2 Å². The van der Waals surface area contributed by atoms with Gasteiger partial charge in [0.25, 0.3) is 0 Å². The molecule has 2 amide bonds. The number of likely N-dealkylation sites (tertiary alicyclic amines) is 1. The fraction of sp³-hybridized carbons (Fsp3) is 0.346. The number of nitrogens with one attached hydrogen (secondary N) is 1. The lowest BCUT2D eigenvalue weighted by molar-refractivity contribution is -0.137. The van der Waals surface area contributed by atoms with Crippen molar-refractivity contribution < 1.29 is 18.8 Å². The summed E-state index contributed by atoms with van der Waals surface area (Å²) >= 11 is 0. The van der Waals surface area contributed by atoms with Crippen molar-refractivity contribution >= 4 is 34.3 Å². The van der Waals surface area contributed by atoms with E-state index < -0.39 is 24.0 Å². The second-order valence-corrected chi connectivity index (χ2v) is 9.25. The summed E-state index contributed by atoms with van der Waals surface area (Å²) in [4.78, 5) is 48.3. The lowest BCUT2D eigenvalue weighted by atomic mass is 10.0. The van der Waals surface area contributed by atoms with Crippen LogP contribution in [-0.2, 0) is 22.7 Å². The fourth-order valence-corrected chi connectivity index (χ4v) is 4.62. The topological polar surface area (TPSA) is 128 Å². The molecule has 4 heterocycles. The van der Waals surface area contributed by atoms with Gasteiger partial charge in [-0.25, -0.2) is 14.4 Å². The van der Waals surface area contributed by atoms with Gasteiger partial charge in [0.05, 0.1) is 12.1 Å². The summed E-state index contributed by atoms with van der Waals surface area (Å²) in [6.07, 6.45) is 3.68. The molecule has 11 nitrogen and oxygen atoms in total. The van der Waals surface area contributed by atoms with Crippen LogP contribution in [0, 0.1) is 6.92 Å². The van der Waals surface area contributed by atoms with E-state index in [2.05, 4.69) is 25.5 Å². The maximum Gasteiger partial charge on any atom is 0.248 e. The number of aryl methyl sites for hydroxylation is 2. The Morgan fingerprint density at radius 3 is 2.55 bits per heavy atom. The predicted octanol–water partition coefficient (Wildman–Crippen LogP) is 2.80. The molecule has 1 fully saturated rings. The van der Waals surface area contributed by atoms with Crippen LogP contribution >= 0.6 is 0 Å². The van der Waals surface area contributed by atoms with Crippen LogP contribution < -0.4 is 5.32 Å². The smallest absolute Gasteiger partial charge is 0.248 e. The van der Waals surface area contributed by atoms with E-state index in [4.69, 9.17) is 0 Å². The number of rotatable bonds is 7. The number of hydrogen-bond acceptors (Lipinski definition) is 7. The highest BCUT2D eigenvalue weighted by atomic mass is 19.1.